The quantitative estimate of drug-likeness (QED) is 0.477. The molecule has 0 spiro atoms. The Morgan fingerprint density at radius 2 is 1.97 bits per heavy atom. The Morgan fingerprint density at radius 3 is 2.79 bits per heavy atom. The molecule has 29 heavy (non-hydrogen) atoms. The Balaban J connectivity index is 1.37. The molecule has 8 heteroatoms. The minimum atomic E-state index is -0.724. The molecule has 0 unspecified atom stereocenters. The third-order valence-corrected chi connectivity index (χ3v) is 5.05. The fourth-order valence-corrected chi connectivity index (χ4v) is 3.57. The van der Waals surface area contributed by atoms with E-state index in [0.29, 0.717) is 22.2 Å². The average Bonchev–Trinajstić information content (AvgIpc) is 3.39. The highest BCUT2D eigenvalue weighted by Gasteiger charge is 2.17. The zero-order chi connectivity index (χ0) is 20.2. The molecule has 4 rings (SSSR count). The second-order valence-corrected chi connectivity index (χ2v) is 7.04. The topological polar surface area (TPSA) is 90.7 Å². The zero-order valence-corrected chi connectivity index (χ0v) is 16.2. The number of benzene rings is 2. The third kappa shape index (κ3) is 4.27. The van der Waals surface area contributed by atoms with E-state index >= 15 is 0 Å². The Kier molecular flexibility index (Phi) is 5.26. The van der Waals surface area contributed by atoms with Crippen molar-refractivity contribution >= 4 is 39.1 Å². The standard InChI is InChI=1S/C21H16N2O5S/c1-26-14-6-4-5-13(11-14)22-19(24)12-27-21(25)17-10-9-16(28-17)20-23-15-7-2-3-8-18(15)29-20/h2-11H,12H2,1H3,(H,22,24). The minimum absolute atomic E-state index is 0.00781. The molecule has 0 atom stereocenters. The van der Waals surface area contributed by atoms with Crippen LogP contribution in [0.3, 0.4) is 0 Å². The van der Waals surface area contributed by atoms with Crippen molar-refractivity contribution in [3.8, 4) is 16.5 Å². The van der Waals surface area contributed by atoms with Crippen LogP contribution in [0.2, 0.25) is 0 Å². The van der Waals surface area contributed by atoms with Gasteiger partial charge in [-0.2, -0.15) is 0 Å². The molecule has 0 aliphatic carbocycles. The summed E-state index contributed by atoms with van der Waals surface area (Å²) in [5, 5.41) is 3.30. The van der Waals surface area contributed by atoms with E-state index < -0.39 is 18.5 Å². The van der Waals surface area contributed by atoms with Crippen LogP contribution in [-0.4, -0.2) is 30.6 Å². The first-order chi connectivity index (χ1) is 14.1. The highest BCUT2D eigenvalue weighted by Crippen LogP contribution is 2.31. The number of anilines is 1. The van der Waals surface area contributed by atoms with Crippen molar-refractivity contribution in [1.82, 2.24) is 4.98 Å². The predicted molar refractivity (Wildman–Crippen MR) is 109 cm³/mol. The number of carbonyl (C=O) groups excluding carboxylic acids is 2. The molecule has 0 bridgehead atoms. The van der Waals surface area contributed by atoms with Gasteiger partial charge in [0.1, 0.15) is 5.75 Å². The maximum absolute atomic E-state index is 12.2. The number of hydrogen-bond acceptors (Lipinski definition) is 7. The van der Waals surface area contributed by atoms with Crippen LogP contribution in [0.25, 0.3) is 21.0 Å². The summed E-state index contributed by atoms with van der Waals surface area (Å²) < 4.78 is 16.7. The lowest BCUT2D eigenvalue weighted by Crippen LogP contribution is -2.20. The Morgan fingerprint density at radius 1 is 1.10 bits per heavy atom. The summed E-state index contributed by atoms with van der Waals surface area (Å²) in [6, 6.07) is 17.8. The van der Waals surface area contributed by atoms with Crippen LogP contribution >= 0.6 is 11.3 Å². The number of fused-ring (bicyclic) bond motifs is 1. The summed E-state index contributed by atoms with van der Waals surface area (Å²) in [5.41, 5.74) is 1.41. The van der Waals surface area contributed by atoms with Crippen LogP contribution in [0, 0.1) is 0 Å². The molecule has 4 aromatic rings. The van der Waals surface area contributed by atoms with Gasteiger partial charge in [0.15, 0.2) is 17.4 Å². The second kappa shape index (κ2) is 8.15. The molecule has 0 radical (unpaired) electrons. The van der Waals surface area contributed by atoms with Crippen LogP contribution in [0.5, 0.6) is 5.75 Å². The molecule has 0 aliphatic heterocycles. The lowest BCUT2D eigenvalue weighted by Gasteiger charge is -2.07. The lowest BCUT2D eigenvalue weighted by atomic mass is 10.3. The number of ether oxygens (including phenoxy) is 2. The van der Waals surface area contributed by atoms with E-state index in [2.05, 4.69) is 10.3 Å². The molecule has 0 aliphatic rings. The number of aromatic nitrogens is 1. The van der Waals surface area contributed by atoms with Crippen molar-refractivity contribution in [2.24, 2.45) is 0 Å². The van der Waals surface area contributed by atoms with Crippen molar-refractivity contribution in [3.63, 3.8) is 0 Å². The van der Waals surface area contributed by atoms with E-state index in [1.165, 1.54) is 24.5 Å². The van der Waals surface area contributed by atoms with Gasteiger partial charge in [-0.15, -0.1) is 11.3 Å². The van der Waals surface area contributed by atoms with E-state index in [1.54, 1.807) is 30.3 Å². The van der Waals surface area contributed by atoms with Crippen LogP contribution in [0.1, 0.15) is 10.6 Å². The van der Waals surface area contributed by atoms with Gasteiger partial charge in [-0.05, 0) is 36.4 Å². The van der Waals surface area contributed by atoms with Gasteiger partial charge in [-0.25, -0.2) is 9.78 Å². The van der Waals surface area contributed by atoms with E-state index in [9.17, 15) is 9.59 Å². The molecule has 2 heterocycles. The Bertz CT molecular complexity index is 1150. The number of para-hydroxylation sites is 1. The van der Waals surface area contributed by atoms with Crippen LogP contribution in [-0.2, 0) is 9.53 Å². The van der Waals surface area contributed by atoms with Gasteiger partial charge >= 0.3 is 5.97 Å². The molecular formula is C21H16N2O5S. The summed E-state index contributed by atoms with van der Waals surface area (Å²) >= 11 is 1.47. The molecule has 2 aromatic heterocycles. The number of hydrogen-bond donors (Lipinski definition) is 1. The fraction of sp³-hybridized carbons (Fsp3) is 0.0952. The van der Waals surface area contributed by atoms with Gasteiger partial charge in [0, 0.05) is 11.8 Å². The summed E-state index contributed by atoms with van der Waals surface area (Å²) in [6.45, 7) is -0.437. The van der Waals surface area contributed by atoms with Crippen molar-refractivity contribution in [1.29, 1.82) is 0 Å². The van der Waals surface area contributed by atoms with E-state index in [-0.39, 0.29) is 5.76 Å². The summed E-state index contributed by atoms with van der Waals surface area (Å²) in [5.74, 6) is -0.104. The molecule has 0 saturated carbocycles. The summed E-state index contributed by atoms with van der Waals surface area (Å²) in [4.78, 5) is 28.7. The van der Waals surface area contributed by atoms with Gasteiger partial charge in [0.2, 0.25) is 5.76 Å². The number of rotatable bonds is 6. The van der Waals surface area contributed by atoms with Crippen LogP contribution in [0.4, 0.5) is 5.69 Å². The maximum Gasteiger partial charge on any atom is 0.374 e. The first-order valence-electron chi connectivity index (χ1n) is 8.69. The number of methoxy groups -OCH3 is 1. The van der Waals surface area contributed by atoms with E-state index in [1.807, 2.05) is 24.3 Å². The largest absolute Gasteiger partial charge is 0.497 e. The number of nitrogens with one attached hydrogen (secondary N) is 1. The number of carbonyl (C=O) groups is 2. The number of furan rings is 1. The van der Waals surface area contributed by atoms with Crippen LogP contribution < -0.4 is 10.1 Å². The maximum atomic E-state index is 12.2. The first kappa shape index (κ1) is 18.7. The van der Waals surface area contributed by atoms with Crippen molar-refractivity contribution < 1.29 is 23.5 Å². The number of thiazole rings is 1. The average molecular weight is 408 g/mol. The smallest absolute Gasteiger partial charge is 0.374 e. The SMILES string of the molecule is COc1cccc(NC(=O)COC(=O)c2ccc(-c3nc4ccccc4s3)o2)c1. The molecule has 146 valence electrons. The summed E-state index contributed by atoms with van der Waals surface area (Å²) in [7, 11) is 1.54. The van der Waals surface area contributed by atoms with E-state index in [4.69, 9.17) is 13.9 Å². The Labute approximate surface area is 169 Å². The molecule has 0 saturated heterocycles. The molecule has 0 fully saturated rings. The minimum Gasteiger partial charge on any atom is -0.497 e. The predicted octanol–water partition coefficient (Wildman–Crippen LogP) is 4.36. The third-order valence-electron chi connectivity index (χ3n) is 4.00. The normalized spacial score (nSPS) is 10.7. The summed E-state index contributed by atoms with van der Waals surface area (Å²) in [6.07, 6.45) is 0. The zero-order valence-electron chi connectivity index (χ0n) is 15.4. The monoisotopic (exact) mass is 408 g/mol. The molecule has 1 amide bonds. The van der Waals surface area contributed by atoms with E-state index in [0.717, 1.165) is 10.2 Å². The second-order valence-electron chi connectivity index (χ2n) is 6.01. The van der Waals surface area contributed by atoms with Gasteiger partial charge in [0.25, 0.3) is 5.91 Å². The number of amides is 1. The van der Waals surface area contributed by atoms with Gasteiger partial charge in [-0.3, -0.25) is 4.79 Å². The highest BCUT2D eigenvalue weighted by atomic mass is 32.1. The molecule has 2 aromatic carbocycles. The van der Waals surface area contributed by atoms with Gasteiger partial charge < -0.3 is 19.2 Å². The lowest BCUT2D eigenvalue weighted by molar-refractivity contribution is -0.119. The highest BCUT2D eigenvalue weighted by molar-refractivity contribution is 7.21. The Hall–Kier alpha value is -3.65. The van der Waals surface area contributed by atoms with Crippen LogP contribution in [0.15, 0.2) is 65.1 Å². The van der Waals surface area contributed by atoms with Gasteiger partial charge in [-0.1, -0.05) is 18.2 Å². The van der Waals surface area contributed by atoms with Crippen molar-refractivity contribution in [2.75, 3.05) is 19.0 Å². The van der Waals surface area contributed by atoms with Gasteiger partial charge in [0.05, 0.1) is 17.3 Å². The number of nitrogens with zero attached hydrogens (tertiary/aromatic N) is 1. The first-order valence-corrected chi connectivity index (χ1v) is 9.51. The fourth-order valence-electron chi connectivity index (χ4n) is 2.64. The molecule has 7 nitrogen and oxygen atoms in total. The van der Waals surface area contributed by atoms with Crippen molar-refractivity contribution in [3.05, 3.63) is 66.4 Å². The van der Waals surface area contributed by atoms with Crippen molar-refractivity contribution in [2.45, 2.75) is 0 Å². The number of esters is 1. The molecular weight excluding hydrogens is 392 g/mol. The molecule has 1 N–H and O–H groups in total.